The number of aromatic nitrogens is 5. The lowest BCUT2D eigenvalue weighted by molar-refractivity contribution is 0.227. The minimum absolute atomic E-state index is 0.107. The molecule has 0 saturated carbocycles. The van der Waals surface area contributed by atoms with E-state index >= 15 is 0 Å². The second-order valence-corrected chi connectivity index (χ2v) is 8.28. The van der Waals surface area contributed by atoms with Crippen LogP contribution in [0.2, 0.25) is 0 Å². The molecule has 0 fully saturated rings. The highest BCUT2D eigenvalue weighted by Crippen LogP contribution is 2.31. The Morgan fingerprint density at radius 1 is 1.10 bits per heavy atom. The van der Waals surface area contributed by atoms with Crippen LogP contribution < -0.4 is 10.5 Å². The molecule has 0 aliphatic carbocycles. The van der Waals surface area contributed by atoms with E-state index in [9.17, 15) is 5.26 Å². The highest BCUT2D eigenvalue weighted by molar-refractivity contribution is 6.16. The van der Waals surface area contributed by atoms with Gasteiger partial charge in [0.05, 0.1) is 28.6 Å². The molecule has 2 N–H and O–H groups in total. The van der Waals surface area contributed by atoms with E-state index in [1.54, 1.807) is 43.6 Å². The van der Waals surface area contributed by atoms with Crippen molar-refractivity contribution in [2.24, 2.45) is 9.98 Å². The summed E-state index contributed by atoms with van der Waals surface area (Å²) in [5, 5.41) is 14.2. The molecule has 0 spiro atoms. The Balaban J connectivity index is 1.77. The first kappa shape index (κ1) is 25.0. The molecule has 0 saturated heterocycles. The molecule has 0 bridgehead atoms. The molecule has 5 aromatic rings. The summed E-state index contributed by atoms with van der Waals surface area (Å²) in [5.41, 5.74) is 10.4. The number of hydrogen-bond acceptors (Lipinski definition) is 9. The minimum atomic E-state index is -0.689. The van der Waals surface area contributed by atoms with Crippen molar-refractivity contribution in [3.63, 3.8) is 0 Å². The largest absolute Gasteiger partial charge is 0.461 e. The number of ether oxygens (including phenoxy) is 1. The maximum absolute atomic E-state index is 9.48. The van der Waals surface area contributed by atoms with E-state index in [0.29, 0.717) is 45.4 Å². The third-order valence-electron chi connectivity index (χ3n) is 5.84. The van der Waals surface area contributed by atoms with Gasteiger partial charge in [-0.05, 0) is 31.0 Å². The Labute approximate surface area is 224 Å². The molecule has 10 nitrogen and oxygen atoms in total. The molecule has 0 aliphatic heterocycles. The summed E-state index contributed by atoms with van der Waals surface area (Å²) in [6, 6.07) is 24.3. The molecular formula is C29H23N9O. The Hall–Kier alpha value is -5.69. The van der Waals surface area contributed by atoms with Gasteiger partial charge in [-0.15, -0.1) is 5.10 Å². The minimum Gasteiger partial charge on any atom is -0.461 e. The van der Waals surface area contributed by atoms with E-state index in [1.807, 2.05) is 48.5 Å². The number of fused-ring (bicyclic) bond motifs is 1. The van der Waals surface area contributed by atoms with E-state index < -0.39 is 6.10 Å². The van der Waals surface area contributed by atoms with Crippen molar-refractivity contribution in [3.8, 4) is 23.2 Å². The van der Waals surface area contributed by atoms with Gasteiger partial charge in [-0.3, -0.25) is 9.98 Å². The van der Waals surface area contributed by atoms with Crippen LogP contribution in [0.1, 0.15) is 28.6 Å². The first-order chi connectivity index (χ1) is 19.1. The van der Waals surface area contributed by atoms with Crippen molar-refractivity contribution in [1.82, 2.24) is 24.6 Å². The Kier molecular flexibility index (Phi) is 7.14. The van der Waals surface area contributed by atoms with Crippen molar-refractivity contribution in [2.75, 3.05) is 12.8 Å². The van der Waals surface area contributed by atoms with Crippen LogP contribution in [0.5, 0.6) is 5.88 Å². The molecule has 3 heterocycles. The summed E-state index contributed by atoms with van der Waals surface area (Å²) >= 11 is 0. The number of pyridine rings is 1. The van der Waals surface area contributed by atoms with Crippen molar-refractivity contribution in [1.29, 1.82) is 5.26 Å². The van der Waals surface area contributed by atoms with Crippen molar-refractivity contribution < 1.29 is 4.74 Å². The van der Waals surface area contributed by atoms with Gasteiger partial charge in [0.15, 0.2) is 17.6 Å². The lowest BCUT2D eigenvalue weighted by Crippen LogP contribution is -2.12. The first-order valence-electron chi connectivity index (χ1n) is 11.9. The molecular weight excluding hydrogens is 490 g/mol. The predicted molar refractivity (Wildman–Crippen MR) is 150 cm³/mol. The monoisotopic (exact) mass is 513 g/mol. The van der Waals surface area contributed by atoms with Gasteiger partial charge >= 0.3 is 0 Å². The fraction of sp³-hybridized carbons (Fsp3) is 0.0690. The molecule has 0 aliphatic rings. The number of aliphatic imine (C=N–C) groups is 2. The molecule has 39 heavy (non-hydrogen) atoms. The zero-order chi connectivity index (χ0) is 27.2. The second-order valence-electron chi connectivity index (χ2n) is 8.28. The maximum Gasteiger partial charge on any atom is 0.223 e. The average Bonchev–Trinajstić information content (AvgIpc) is 3.44. The lowest BCUT2D eigenvalue weighted by Gasteiger charge is -2.15. The third-order valence-corrected chi connectivity index (χ3v) is 5.84. The predicted octanol–water partition coefficient (Wildman–Crippen LogP) is 4.44. The van der Waals surface area contributed by atoms with Crippen LogP contribution in [0.4, 0.5) is 5.95 Å². The van der Waals surface area contributed by atoms with Crippen LogP contribution in [-0.2, 0) is 0 Å². The number of nitrogens with two attached hydrogens (primary N) is 1. The van der Waals surface area contributed by atoms with Crippen LogP contribution in [-0.4, -0.2) is 44.0 Å². The molecule has 1 unspecified atom stereocenters. The van der Waals surface area contributed by atoms with E-state index in [1.165, 1.54) is 10.7 Å². The van der Waals surface area contributed by atoms with Gasteiger partial charge in [0.1, 0.15) is 0 Å². The van der Waals surface area contributed by atoms with Gasteiger partial charge in [-0.25, -0.2) is 15.0 Å². The fourth-order valence-corrected chi connectivity index (χ4v) is 4.09. The first-order valence-corrected chi connectivity index (χ1v) is 11.9. The highest BCUT2D eigenvalue weighted by atomic mass is 16.5. The van der Waals surface area contributed by atoms with Crippen LogP contribution in [0.15, 0.2) is 101 Å². The zero-order valence-corrected chi connectivity index (χ0v) is 21.0. The Morgan fingerprint density at radius 2 is 1.92 bits per heavy atom. The number of nitrogens with zero attached hydrogens (tertiary/aromatic N) is 8. The van der Waals surface area contributed by atoms with Crippen LogP contribution in [0.3, 0.4) is 0 Å². The van der Waals surface area contributed by atoms with Gasteiger partial charge in [0, 0.05) is 36.6 Å². The van der Waals surface area contributed by atoms with Gasteiger partial charge < -0.3 is 10.5 Å². The number of hydrogen-bond donors (Lipinski definition) is 1. The highest BCUT2D eigenvalue weighted by Gasteiger charge is 2.26. The SMILES string of the molecule is C=N/C=C\C(=NC)c1c(-c2cccc(C#N)c2)nc(N)n2nc(C(Oc3ccccn3)c3ccccc3)nc12. The number of benzene rings is 2. The molecule has 10 heteroatoms. The zero-order valence-electron chi connectivity index (χ0n) is 21.0. The van der Waals surface area contributed by atoms with Crippen LogP contribution in [0, 0.1) is 11.3 Å². The number of nitrogen functional groups attached to an aromatic ring is 1. The standard InChI is InChI=1S/C29H23N9O/c1-32-16-14-22(33-2)24-25(21-12-8-9-19(17-21)18-30)35-29(31)38-28(24)36-27(37-38)26(20-10-4-3-5-11-20)39-23-13-6-7-15-34-23/h3-17,26H,1H2,2H3,(H2,31,35)/b16-14-,33-22?. The average molecular weight is 514 g/mol. The van der Waals surface area contributed by atoms with Crippen LogP contribution in [0.25, 0.3) is 16.9 Å². The van der Waals surface area contributed by atoms with Crippen molar-refractivity contribution in [2.45, 2.75) is 6.10 Å². The molecule has 0 amide bonds. The van der Waals surface area contributed by atoms with E-state index in [-0.39, 0.29) is 5.95 Å². The summed E-state index contributed by atoms with van der Waals surface area (Å²) < 4.78 is 7.74. The molecule has 1 atom stereocenters. The van der Waals surface area contributed by atoms with E-state index in [0.717, 1.165) is 5.56 Å². The third kappa shape index (κ3) is 5.10. The van der Waals surface area contributed by atoms with Crippen LogP contribution >= 0.6 is 0 Å². The second kappa shape index (κ2) is 11.1. The summed E-state index contributed by atoms with van der Waals surface area (Å²) in [7, 11) is 1.65. The number of allylic oxidation sites excluding steroid dienone is 1. The van der Waals surface area contributed by atoms with Crippen molar-refractivity contribution >= 4 is 24.0 Å². The molecule has 5 rings (SSSR count). The summed E-state index contributed by atoms with van der Waals surface area (Å²) in [4.78, 5) is 22.2. The fourth-order valence-electron chi connectivity index (χ4n) is 4.09. The number of anilines is 1. The van der Waals surface area contributed by atoms with Gasteiger partial charge in [-0.1, -0.05) is 48.5 Å². The van der Waals surface area contributed by atoms with Gasteiger partial charge in [-0.2, -0.15) is 9.78 Å². The van der Waals surface area contributed by atoms with Gasteiger partial charge in [0.2, 0.25) is 11.8 Å². The Morgan fingerprint density at radius 3 is 2.64 bits per heavy atom. The normalized spacial score (nSPS) is 12.4. The smallest absolute Gasteiger partial charge is 0.223 e. The topological polar surface area (TPSA) is 140 Å². The quantitative estimate of drug-likeness (QED) is 0.302. The lowest BCUT2D eigenvalue weighted by atomic mass is 10.0. The molecule has 3 aromatic heterocycles. The summed E-state index contributed by atoms with van der Waals surface area (Å²) in [6.45, 7) is 3.52. The Bertz CT molecular complexity index is 1740. The van der Waals surface area contributed by atoms with Gasteiger partial charge in [0.25, 0.3) is 0 Å². The summed E-state index contributed by atoms with van der Waals surface area (Å²) in [5.74, 6) is 0.878. The molecule has 2 aromatic carbocycles. The summed E-state index contributed by atoms with van der Waals surface area (Å²) in [6.07, 6.45) is 4.19. The van der Waals surface area contributed by atoms with Crippen molar-refractivity contribution in [3.05, 3.63) is 114 Å². The number of rotatable bonds is 8. The molecule has 0 radical (unpaired) electrons. The maximum atomic E-state index is 9.48. The number of nitriles is 1. The van der Waals surface area contributed by atoms with E-state index in [2.05, 4.69) is 32.7 Å². The molecule has 190 valence electrons. The van der Waals surface area contributed by atoms with E-state index in [4.69, 9.17) is 20.6 Å².